The number of aromatic nitrogens is 1. The zero-order valence-electron chi connectivity index (χ0n) is 9.72. The first-order chi connectivity index (χ1) is 9.11. The number of pyridine rings is 1. The van der Waals surface area contributed by atoms with E-state index in [4.69, 9.17) is 16.9 Å². The minimum atomic E-state index is -0.785. The SMILES string of the molecule is N#CC(Nc1ccc(F)c(Cl)c1)c1cccc[n+]1O. The number of nitriles is 1. The van der Waals surface area contributed by atoms with Crippen LogP contribution in [0.5, 0.6) is 0 Å². The Kier molecular flexibility index (Phi) is 3.83. The Morgan fingerprint density at radius 2 is 2.16 bits per heavy atom. The summed E-state index contributed by atoms with van der Waals surface area (Å²) in [4.78, 5) is 0. The van der Waals surface area contributed by atoms with Crippen LogP contribution in [0.25, 0.3) is 0 Å². The van der Waals surface area contributed by atoms with Gasteiger partial charge in [-0.1, -0.05) is 11.6 Å². The van der Waals surface area contributed by atoms with E-state index in [9.17, 15) is 9.60 Å². The zero-order chi connectivity index (χ0) is 13.8. The maximum absolute atomic E-state index is 13.0. The van der Waals surface area contributed by atoms with Gasteiger partial charge < -0.3 is 5.32 Å². The first-order valence-corrected chi connectivity index (χ1v) is 5.80. The summed E-state index contributed by atoms with van der Waals surface area (Å²) in [6, 6.07) is 10.2. The van der Waals surface area contributed by atoms with Crippen LogP contribution < -0.4 is 10.0 Å². The molecule has 0 amide bonds. The summed E-state index contributed by atoms with van der Waals surface area (Å²) in [5.41, 5.74) is 0.854. The van der Waals surface area contributed by atoms with Gasteiger partial charge in [-0.25, -0.2) is 4.39 Å². The van der Waals surface area contributed by atoms with E-state index in [1.54, 1.807) is 18.2 Å². The Morgan fingerprint density at radius 1 is 1.37 bits per heavy atom. The van der Waals surface area contributed by atoms with E-state index >= 15 is 0 Å². The number of hydrogen-bond donors (Lipinski definition) is 2. The van der Waals surface area contributed by atoms with Crippen LogP contribution in [0.2, 0.25) is 5.02 Å². The molecule has 96 valence electrons. The summed E-state index contributed by atoms with van der Waals surface area (Å²) in [6.07, 6.45) is 1.42. The minimum absolute atomic E-state index is 0.0355. The van der Waals surface area contributed by atoms with Crippen LogP contribution in [0, 0.1) is 17.1 Å². The second kappa shape index (κ2) is 5.55. The fourth-order valence-electron chi connectivity index (χ4n) is 1.60. The second-order valence-electron chi connectivity index (χ2n) is 3.81. The average Bonchev–Trinajstić information content (AvgIpc) is 2.41. The van der Waals surface area contributed by atoms with Crippen molar-refractivity contribution in [1.29, 1.82) is 5.26 Å². The van der Waals surface area contributed by atoms with Crippen molar-refractivity contribution < 1.29 is 14.3 Å². The third-order valence-electron chi connectivity index (χ3n) is 2.53. The highest BCUT2D eigenvalue weighted by atomic mass is 35.5. The molecule has 1 aromatic carbocycles. The Labute approximate surface area is 114 Å². The van der Waals surface area contributed by atoms with Crippen LogP contribution in [0.3, 0.4) is 0 Å². The molecule has 0 spiro atoms. The average molecular weight is 279 g/mol. The van der Waals surface area contributed by atoms with Gasteiger partial charge in [0.2, 0.25) is 12.2 Å². The summed E-state index contributed by atoms with van der Waals surface area (Å²) in [7, 11) is 0. The molecule has 0 fully saturated rings. The minimum Gasteiger partial charge on any atom is -0.361 e. The van der Waals surface area contributed by atoms with Crippen LogP contribution in [-0.2, 0) is 0 Å². The van der Waals surface area contributed by atoms with Crippen LogP contribution in [0.1, 0.15) is 11.7 Å². The maximum Gasteiger partial charge on any atom is 0.270 e. The summed E-state index contributed by atoms with van der Waals surface area (Å²) in [6.45, 7) is 0. The molecule has 6 heteroatoms. The lowest BCUT2D eigenvalue weighted by Crippen LogP contribution is -2.37. The number of hydrogen-bond acceptors (Lipinski definition) is 3. The van der Waals surface area contributed by atoms with Crippen molar-refractivity contribution in [3.05, 3.63) is 59.1 Å². The van der Waals surface area contributed by atoms with Crippen LogP contribution in [0.4, 0.5) is 10.1 Å². The standard InChI is InChI=1S/C13H10ClFN3O/c14-10-7-9(4-5-11(10)15)17-12(8-16)13-3-1-2-6-18(13)19/h1-7,12,17,19H/q+1. The van der Waals surface area contributed by atoms with Crippen molar-refractivity contribution in [1.82, 2.24) is 0 Å². The summed E-state index contributed by atoms with van der Waals surface area (Å²) < 4.78 is 13.9. The zero-order valence-corrected chi connectivity index (χ0v) is 10.5. The highest BCUT2D eigenvalue weighted by Gasteiger charge is 2.21. The van der Waals surface area contributed by atoms with E-state index < -0.39 is 11.9 Å². The molecule has 2 rings (SSSR count). The van der Waals surface area contributed by atoms with Gasteiger partial charge >= 0.3 is 0 Å². The lowest BCUT2D eigenvalue weighted by atomic mass is 10.2. The fraction of sp³-hybridized carbons (Fsp3) is 0.0769. The molecule has 1 unspecified atom stereocenters. The Morgan fingerprint density at radius 3 is 2.79 bits per heavy atom. The molecule has 19 heavy (non-hydrogen) atoms. The first-order valence-electron chi connectivity index (χ1n) is 5.43. The molecule has 0 radical (unpaired) electrons. The third kappa shape index (κ3) is 2.92. The van der Waals surface area contributed by atoms with Crippen molar-refractivity contribution in [2.24, 2.45) is 0 Å². The quantitative estimate of drug-likeness (QED) is 0.670. The molecular formula is C13H10ClFN3O+. The normalized spacial score (nSPS) is 11.6. The van der Waals surface area contributed by atoms with E-state index in [2.05, 4.69) is 5.32 Å². The molecule has 4 nitrogen and oxygen atoms in total. The number of anilines is 1. The summed E-state index contributed by atoms with van der Waals surface area (Å²) in [5, 5.41) is 21.6. The number of rotatable bonds is 3. The predicted octanol–water partition coefficient (Wildman–Crippen LogP) is 2.68. The molecule has 0 bridgehead atoms. The van der Waals surface area contributed by atoms with Crippen molar-refractivity contribution in [3.63, 3.8) is 0 Å². The van der Waals surface area contributed by atoms with Crippen molar-refractivity contribution in [3.8, 4) is 6.07 Å². The molecular weight excluding hydrogens is 269 g/mol. The second-order valence-corrected chi connectivity index (χ2v) is 4.21. The van der Waals surface area contributed by atoms with Gasteiger partial charge in [-0.05, 0) is 24.3 Å². The topological polar surface area (TPSA) is 59.9 Å². The Bertz CT molecular complexity index is 642. The van der Waals surface area contributed by atoms with Gasteiger partial charge in [-0.3, -0.25) is 5.21 Å². The largest absolute Gasteiger partial charge is 0.361 e. The molecule has 0 saturated heterocycles. The van der Waals surface area contributed by atoms with Crippen molar-refractivity contribution in [2.45, 2.75) is 6.04 Å². The summed E-state index contributed by atoms with van der Waals surface area (Å²) in [5.74, 6) is -0.530. The molecule has 1 atom stereocenters. The molecule has 1 aromatic heterocycles. The van der Waals surface area contributed by atoms with Gasteiger partial charge in [-0.2, -0.15) is 5.26 Å². The van der Waals surface area contributed by atoms with Gasteiger partial charge in [0, 0.05) is 22.6 Å². The van der Waals surface area contributed by atoms with Crippen molar-refractivity contribution in [2.75, 3.05) is 5.32 Å². The molecule has 2 N–H and O–H groups in total. The fourth-order valence-corrected chi connectivity index (χ4v) is 1.78. The molecule has 1 heterocycles. The maximum atomic E-state index is 13.0. The lowest BCUT2D eigenvalue weighted by Gasteiger charge is -2.10. The highest BCUT2D eigenvalue weighted by Crippen LogP contribution is 2.22. The number of halogens is 2. The first kappa shape index (κ1) is 13.1. The summed E-state index contributed by atoms with van der Waals surface area (Å²) >= 11 is 5.67. The van der Waals surface area contributed by atoms with E-state index in [0.717, 1.165) is 4.73 Å². The van der Waals surface area contributed by atoms with Gasteiger partial charge in [0.1, 0.15) is 5.82 Å². The van der Waals surface area contributed by atoms with E-state index in [0.29, 0.717) is 11.4 Å². The van der Waals surface area contributed by atoms with Crippen LogP contribution in [-0.4, -0.2) is 5.21 Å². The lowest BCUT2D eigenvalue weighted by molar-refractivity contribution is -0.909. The van der Waals surface area contributed by atoms with E-state index in [-0.39, 0.29) is 5.02 Å². The monoisotopic (exact) mass is 278 g/mol. The number of nitrogens with zero attached hydrogens (tertiary/aromatic N) is 2. The van der Waals surface area contributed by atoms with Gasteiger partial charge in [0.15, 0.2) is 0 Å². The molecule has 2 aromatic rings. The van der Waals surface area contributed by atoms with Gasteiger partial charge in [0.25, 0.3) is 5.69 Å². The van der Waals surface area contributed by atoms with Gasteiger partial charge in [-0.15, -0.1) is 0 Å². The Balaban J connectivity index is 2.27. The van der Waals surface area contributed by atoms with Crippen LogP contribution in [0.15, 0.2) is 42.6 Å². The predicted molar refractivity (Wildman–Crippen MR) is 67.2 cm³/mol. The molecule has 0 saturated carbocycles. The third-order valence-corrected chi connectivity index (χ3v) is 2.82. The van der Waals surface area contributed by atoms with Crippen molar-refractivity contribution >= 4 is 17.3 Å². The van der Waals surface area contributed by atoms with Crippen LogP contribution >= 0.6 is 11.6 Å². The number of nitrogens with one attached hydrogen (secondary N) is 1. The van der Waals surface area contributed by atoms with E-state index in [1.807, 2.05) is 6.07 Å². The Hall–Kier alpha value is -2.32. The van der Waals surface area contributed by atoms with Gasteiger partial charge in [0.05, 0.1) is 11.1 Å². The molecule has 0 aliphatic carbocycles. The van der Waals surface area contributed by atoms with E-state index in [1.165, 1.54) is 24.4 Å². The molecule has 0 aliphatic rings. The highest BCUT2D eigenvalue weighted by molar-refractivity contribution is 6.31. The molecule has 0 aliphatic heterocycles. The number of benzene rings is 1. The smallest absolute Gasteiger partial charge is 0.270 e.